The summed E-state index contributed by atoms with van der Waals surface area (Å²) in [6.45, 7) is 20.5. The minimum Gasteiger partial charge on any atom is -0.432 e. The van der Waals surface area contributed by atoms with Crippen LogP contribution in [-0.2, 0) is 4.74 Å². The highest BCUT2D eigenvalue weighted by Crippen LogP contribution is 2.07. The van der Waals surface area contributed by atoms with Crippen LogP contribution in [0.5, 0.6) is 0 Å². The lowest BCUT2D eigenvalue weighted by Gasteiger charge is -1.96. The zero-order chi connectivity index (χ0) is 28.2. The van der Waals surface area contributed by atoms with Crippen molar-refractivity contribution in [2.75, 3.05) is 0 Å². The molecule has 2 nitrogen and oxygen atoms in total. The summed E-state index contributed by atoms with van der Waals surface area (Å²) in [5.74, 6) is -0.374. The second kappa shape index (κ2) is 18.6. The van der Waals surface area contributed by atoms with E-state index < -0.39 is 0 Å². The Balaban J connectivity index is 0.000000254. The quantitative estimate of drug-likeness (QED) is 0.200. The van der Waals surface area contributed by atoms with Crippen molar-refractivity contribution in [3.63, 3.8) is 0 Å². The molecule has 4 aromatic rings. The van der Waals surface area contributed by atoms with Crippen LogP contribution >= 0.6 is 0 Å². The maximum Gasteiger partial charge on any atom is 0.342 e. The molecule has 2 heteroatoms. The molecule has 0 amide bonds. The Labute approximate surface area is 229 Å². The van der Waals surface area contributed by atoms with Crippen molar-refractivity contribution in [1.82, 2.24) is 0 Å². The number of aryl methyl sites for hydroxylation is 3. The Morgan fingerprint density at radius 3 is 1.68 bits per heavy atom. The lowest BCUT2D eigenvalue weighted by Crippen LogP contribution is -1.98. The van der Waals surface area contributed by atoms with Crippen LogP contribution in [0.1, 0.15) is 43.7 Å². The Morgan fingerprint density at radius 1 is 0.605 bits per heavy atom. The Morgan fingerprint density at radius 2 is 1.21 bits per heavy atom. The van der Waals surface area contributed by atoms with Crippen LogP contribution in [0.3, 0.4) is 0 Å². The molecule has 0 heterocycles. The first-order chi connectivity index (χ1) is 18.3. The molecule has 0 aliphatic heterocycles. The molecule has 0 atom stereocenters. The van der Waals surface area contributed by atoms with Crippen molar-refractivity contribution in [2.45, 2.75) is 20.8 Å². The molecule has 4 rings (SSSR count). The van der Waals surface area contributed by atoms with E-state index in [9.17, 15) is 4.79 Å². The molecule has 4 aromatic carbocycles. The second-order valence-electron chi connectivity index (χ2n) is 8.23. The van der Waals surface area contributed by atoms with E-state index in [2.05, 4.69) is 100 Å². The fraction of sp³-hybridized carbons (Fsp3) is 0.0833. The molecule has 0 aliphatic carbocycles. The largest absolute Gasteiger partial charge is 0.432 e. The molecule has 38 heavy (non-hydrogen) atoms. The highest BCUT2D eigenvalue weighted by Gasteiger charge is 2.01. The summed E-state index contributed by atoms with van der Waals surface area (Å²) in [6, 6.07) is 33.5. The Kier molecular flexibility index (Phi) is 15.3. The van der Waals surface area contributed by atoms with Crippen molar-refractivity contribution in [2.24, 2.45) is 0 Å². The van der Waals surface area contributed by atoms with E-state index in [1.54, 1.807) is 24.3 Å². The summed E-state index contributed by atoms with van der Waals surface area (Å²) >= 11 is 0. The maximum atomic E-state index is 11.0. The Hall–Kier alpha value is -4.69. The molecule has 0 aliphatic rings. The standard InChI is InChI=1S/C9H8O2.3C9H10/c1-2-11-9(10)8-6-4-3-5-7-8;1-3-9-6-4-8(2)5-7-9;1-3-9-6-4-5-8(2)7-9;1-3-9-7-5-4-6-8(9)2/h2-7H,1H2;3*3-7H,1H2,2H3. The van der Waals surface area contributed by atoms with Crippen LogP contribution in [0.2, 0.25) is 0 Å². The zero-order valence-electron chi connectivity index (χ0n) is 22.8. The number of hydrogen-bond acceptors (Lipinski definition) is 2. The van der Waals surface area contributed by atoms with Crippen molar-refractivity contribution < 1.29 is 9.53 Å². The molecule has 194 valence electrons. The van der Waals surface area contributed by atoms with E-state index in [4.69, 9.17) is 0 Å². The first kappa shape index (κ1) is 31.3. The third-order valence-corrected chi connectivity index (χ3v) is 5.20. The summed E-state index contributed by atoms with van der Waals surface area (Å²) in [4.78, 5) is 11.0. The lowest BCUT2D eigenvalue weighted by molar-refractivity contribution is 0.0664. The van der Waals surface area contributed by atoms with Gasteiger partial charge in [-0.1, -0.05) is 147 Å². The number of hydrogen-bond donors (Lipinski definition) is 0. The van der Waals surface area contributed by atoms with Crippen LogP contribution in [0.25, 0.3) is 18.2 Å². The molecule has 0 radical (unpaired) electrons. The number of ether oxygens (including phenoxy) is 1. The van der Waals surface area contributed by atoms with E-state index in [1.165, 1.54) is 33.4 Å². The van der Waals surface area contributed by atoms with Crippen LogP contribution < -0.4 is 0 Å². The van der Waals surface area contributed by atoms with Gasteiger partial charge in [0, 0.05) is 0 Å². The second-order valence-corrected chi connectivity index (χ2v) is 8.23. The van der Waals surface area contributed by atoms with Gasteiger partial charge in [0.2, 0.25) is 0 Å². The summed E-state index contributed by atoms with van der Waals surface area (Å²) in [5.41, 5.74) is 7.99. The van der Waals surface area contributed by atoms with Gasteiger partial charge in [-0.15, -0.1) is 0 Å². The summed E-state index contributed by atoms with van der Waals surface area (Å²) in [7, 11) is 0. The first-order valence-corrected chi connectivity index (χ1v) is 12.3. The predicted octanol–water partition coefficient (Wildman–Crippen LogP) is 9.90. The van der Waals surface area contributed by atoms with Gasteiger partial charge in [0.25, 0.3) is 0 Å². The highest BCUT2D eigenvalue weighted by molar-refractivity contribution is 5.89. The monoisotopic (exact) mass is 502 g/mol. The van der Waals surface area contributed by atoms with Crippen molar-refractivity contribution in [3.8, 4) is 0 Å². The summed E-state index contributed by atoms with van der Waals surface area (Å²) in [5, 5.41) is 0. The molecule has 0 N–H and O–H groups in total. The molecule has 0 saturated carbocycles. The third-order valence-electron chi connectivity index (χ3n) is 5.20. The van der Waals surface area contributed by atoms with Crippen LogP contribution in [0, 0.1) is 20.8 Å². The van der Waals surface area contributed by atoms with Gasteiger partial charge >= 0.3 is 5.97 Å². The smallest absolute Gasteiger partial charge is 0.342 e. The molecular weight excluding hydrogens is 464 g/mol. The molecule has 0 fully saturated rings. The van der Waals surface area contributed by atoms with Gasteiger partial charge < -0.3 is 4.74 Å². The molecular formula is C36H38O2. The van der Waals surface area contributed by atoms with Gasteiger partial charge in [0.15, 0.2) is 0 Å². The van der Waals surface area contributed by atoms with Gasteiger partial charge in [0.1, 0.15) is 0 Å². The molecule has 0 bridgehead atoms. The number of carbonyl (C=O) groups excluding carboxylic acids is 1. The normalized spacial score (nSPS) is 8.92. The SMILES string of the molecule is C=COC(=O)c1ccccc1.C=Cc1ccc(C)cc1.C=Cc1cccc(C)c1.C=Cc1ccccc1C. The third kappa shape index (κ3) is 12.9. The fourth-order valence-corrected chi connectivity index (χ4v) is 3.03. The van der Waals surface area contributed by atoms with Crippen molar-refractivity contribution >= 4 is 24.2 Å². The Bertz CT molecular complexity index is 1280. The predicted molar refractivity (Wildman–Crippen MR) is 166 cm³/mol. The maximum absolute atomic E-state index is 11.0. The van der Waals surface area contributed by atoms with Crippen LogP contribution in [0.15, 0.2) is 136 Å². The van der Waals surface area contributed by atoms with Gasteiger partial charge in [0.05, 0.1) is 11.8 Å². The van der Waals surface area contributed by atoms with E-state index in [-0.39, 0.29) is 5.97 Å². The molecule has 0 unspecified atom stereocenters. The van der Waals surface area contributed by atoms with Gasteiger partial charge in [-0.3, -0.25) is 0 Å². The number of carbonyl (C=O) groups is 1. The number of esters is 1. The summed E-state index contributed by atoms with van der Waals surface area (Å²) < 4.78 is 4.55. The average molecular weight is 503 g/mol. The van der Waals surface area contributed by atoms with Crippen molar-refractivity contribution in [1.29, 1.82) is 0 Å². The van der Waals surface area contributed by atoms with Gasteiger partial charge in [-0.25, -0.2) is 4.79 Å². The number of rotatable bonds is 5. The fourth-order valence-electron chi connectivity index (χ4n) is 3.03. The van der Waals surface area contributed by atoms with Crippen molar-refractivity contribution in [3.05, 3.63) is 175 Å². The average Bonchev–Trinajstić information content (AvgIpc) is 2.95. The topological polar surface area (TPSA) is 26.3 Å². The zero-order valence-corrected chi connectivity index (χ0v) is 22.8. The highest BCUT2D eigenvalue weighted by atomic mass is 16.5. The lowest BCUT2D eigenvalue weighted by atomic mass is 10.1. The van der Waals surface area contributed by atoms with Crippen LogP contribution in [0.4, 0.5) is 0 Å². The van der Waals surface area contributed by atoms with Gasteiger partial charge in [-0.2, -0.15) is 0 Å². The van der Waals surface area contributed by atoms with E-state index in [1.807, 2.05) is 48.6 Å². The summed E-state index contributed by atoms with van der Waals surface area (Å²) in [6.07, 6.45) is 6.69. The molecule has 0 saturated heterocycles. The minimum atomic E-state index is -0.374. The number of benzene rings is 4. The van der Waals surface area contributed by atoms with E-state index in [0.29, 0.717) is 5.56 Å². The van der Waals surface area contributed by atoms with Gasteiger partial charge in [-0.05, 0) is 55.2 Å². The molecule has 0 aromatic heterocycles. The molecule has 0 spiro atoms. The first-order valence-electron chi connectivity index (χ1n) is 12.3. The van der Waals surface area contributed by atoms with E-state index >= 15 is 0 Å². The van der Waals surface area contributed by atoms with E-state index in [0.717, 1.165) is 6.26 Å². The van der Waals surface area contributed by atoms with Crippen LogP contribution in [-0.4, -0.2) is 5.97 Å². The minimum absolute atomic E-state index is 0.374.